The molecule has 0 unspecified atom stereocenters. The van der Waals surface area contributed by atoms with Gasteiger partial charge in [-0.1, -0.05) is 18.2 Å². The maximum atomic E-state index is 12.9. The minimum Gasteiger partial charge on any atom is -0.444 e. The average Bonchev–Trinajstić information content (AvgIpc) is 2.76. The topological polar surface area (TPSA) is 77.1 Å². The molecular weight excluding hydrogens is 471 g/mol. The molecule has 1 aliphatic heterocycles. The summed E-state index contributed by atoms with van der Waals surface area (Å²) in [5, 5.41) is 3.07. The Morgan fingerprint density at radius 1 is 1.15 bits per heavy atom. The number of ether oxygens (including phenoxy) is 1. The van der Waals surface area contributed by atoms with Crippen LogP contribution < -0.4 is 5.32 Å². The molecule has 0 aliphatic carbocycles. The lowest BCUT2D eigenvalue weighted by molar-refractivity contribution is 0.0503. The maximum Gasteiger partial charge on any atom is 0.407 e. The maximum absolute atomic E-state index is 12.9. The highest BCUT2D eigenvalue weighted by Crippen LogP contribution is 2.50. The summed E-state index contributed by atoms with van der Waals surface area (Å²) in [7, 11) is -2.99. The van der Waals surface area contributed by atoms with Crippen LogP contribution in [0, 0.1) is 5.92 Å². The van der Waals surface area contributed by atoms with Crippen LogP contribution in [0.25, 0.3) is 0 Å². The van der Waals surface area contributed by atoms with Crippen LogP contribution in [-0.4, -0.2) is 67.4 Å². The Morgan fingerprint density at radius 3 is 2.32 bits per heavy atom. The zero-order valence-electron chi connectivity index (χ0n) is 21.5. The number of piperidine rings is 1. The Labute approximate surface area is 210 Å². The van der Waals surface area contributed by atoms with Crippen LogP contribution in [0.1, 0.15) is 53.9 Å². The summed E-state index contributed by atoms with van der Waals surface area (Å²) in [5.41, 5.74) is -0.522. The largest absolute Gasteiger partial charge is 0.444 e. The van der Waals surface area contributed by atoms with E-state index in [-0.39, 0.29) is 12.1 Å². The number of nitrogens with one attached hydrogen (secondary N) is 1. The molecule has 2 rings (SSSR count). The molecule has 0 bridgehead atoms. The van der Waals surface area contributed by atoms with Crippen molar-refractivity contribution in [2.75, 3.05) is 44.8 Å². The van der Waals surface area contributed by atoms with Gasteiger partial charge in [0.2, 0.25) is 0 Å². The van der Waals surface area contributed by atoms with Gasteiger partial charge in [-0.05, 0) is 85.0 Å². The Balaban J connectivity index is 1.85. The number of benzene rings is 1. The first-order valence-electron chi connectivity index (χ1n) is 12.4. The standard InChI is InChI=1S/C25H43N2O5PS/c1-6-30-33(29,31-7-2)19-21-13-16-27(17-14-21)18-15-22(26-24(28)32-25(3,4)5)20-34-23-11-9-8-10-12-23/h8-12,21-22H,6-7,13-20H2,1-5H3,(H,26,28)/t22-/m1/s1. The summed E-state index contributed by atoms with van der Waals surface area (Å²) < 4.78 is 29.3. The molecule has 9 heteroatoms. The van der Waals surface area contributed by atoms with Crippen molar-refractivity contribution >= 4 is 25.5 Å². The van der Waals surface area contributed by atoms with Crippen molar-refractivity contribution in [3.05, 3.63) is 30.3 Å². The smallest absolute Gasteiger partial charge is 0.407 e. The van der Waals surface area contributed by atoms with Crippen LogP contribution in [-0.2, 0) is 18.3 Å². The molecule has 0 saturated carbocycles. The number of thioether (sulfide) groups is 1. The van der Waals surface area contributed by atoms with Crippen LogP contribution in [0.2, 0.25) is 0 Å². The van der Waals surface area contributed by atoms with Gasteiger partial charge in [-0.25, -0.2) is 4.79 Å². The Kier molecular flexibility index (Phi) is 12.4. The van der Waals surface area contributed by atoms with Gasteiger partial charge in [-0.2, -0.15) is 0 Å². The van der Waals surface area contributed by atoms with E-state index in [1.165, 1.54) is 4.90 Å². The van der Waals surface area contributed by atoms with Crippen molar-refractivity contribution < 1.29 is 23.1 Å². The third kappa shape index (κ3) is 11.6. The summed E-state index contributed by atoms with van der Waals surface area (Å²) in [5.74, 6) is 1.13. The molecule has 1 atom stereocenters. The number of rotatable bonds is 13. The van der Waals surface area contributed by atoms with E-state index in [1.807, 2.05) is 52.8 Å². The molecule has 194 valence electrons. The van der Waals surface area contributed by atoms with Crippen LogP contribution in [0.4, 0.5) is 4.79 Å². The van der Waals surface area contributed by atoms with E-state index in [2.05, 4.69) is 22.3 Å². The molecule has 1 aromatic rings. The molecule has 7 nitrogen and oxygen atoms in total. The van der Waals surface area contributed by atoms with Crippen molar-refractivity contribution in [2.24, 2.45) is 5.92 Å². The van der Waals surface area contributed by atoms with Crippen molar-refractivity contribution in [2.45, 2.75) is 70.4 Å². The zero-order valence-corrected chi connectivity index (χ0v) is 23.2. The fourth-order valence-corrected chi connectivity index (χ4v) is 7.03. The second-order valence-electron chi connectivity index (χ2n) is 9.67. The van der Waals surface area contributed by atoms with Gasteiger partial charge in [-0.15, -0.1) is 11.8 Å². The molecule has 1 N–H and O–H groups in total. The number of carbonyl (C=O) groups is 1. The third-order valence-corrected chi connectivity index (χ3v) is 8.99. The average molecular weight is 515 g/mol. The first kappa shape index (κ1) is 29.2. The number of hydrogen-bond acceptors (Lipinski definition) is 7. The van der Waals surface area contributed by atoms with Crippen LogP contribution in [0.5, 0.6) is 0 Å². The van der Waals surface area contributed by atoms with Crippen molar-refractivity contribution in [3.8, 4) is 0 Å². The molecule has 1 fully saturated rings. The van der Waals surface area contributed by atoms with E-state index in [9.17, 15) is 9.36 Å². The zero-order chi connectivity index (χ0) is 25.0. The molecule has 1 aliphatic rings. The summed E-state index contributed by atoms with van der Waals surface area (Å²) in [6.07, 6.45) is 2.94. The number of likely N-dealkylation sites (tertiary alicyclic amines) is 1. The van der Waals surface area contributed by atoms with E-state index in [4.69, 9.17) is 13.8 Å². The van der Waals surface area contributed by atoms with Gasteiger partial charge >= 0.3 is 13.7 Å². The lowest BCUT2D eigenvalue weighted by Crippen LogP contribution is -2.43. The number of carbonyl (C=O) groups excluding carboxylic acids is 1. The highest BCUT2D eigenvalue weighted by Gasteiger charge is 2.31. The molecule has 0 spiro atoms. The van der Waals surface area contributed by atoms with E-state index in [0.717, 1.165) is 44.6 Å². The van der Waals surface area contributed by atoms with E-state index in [0.29, 0.717) is 25.3 Å². The lowest BCUT2D eigenvalue weighted by Gasteiger charge is -2.34. The Morgan fingerprint density at radius 2 is 1.76 bits per heavy atom. The second-order valence-corrected chi connectivity index (χ2v) is 12.9. The first-order valence-corrected chi connectivity index (χ1v) is 15.1. The fraction of sp³-hybridized carbons (Fsp3) is 0.720. The third-order valence-electron chi connectivity index (χ3n) is 5.55. The number of nitrogens with zero attached hydrogens (tertiary/aromatic N) is 1. The van der Waals surface area contributed by atoms with Crippen molar-refractivity contribution in [1.82, 2.24) is 10.2 Å². The van der Waals surface area contributed by atoms with E-state index >= 15 is 0 Å². The van der Waals surface area contributed by atoms with Crippen LogP contribution in [0.15, 0.2) is 35.2 Å². The fourth-order valence-electron chi connectivity index (χ4n) is 3.97. The first-order chi connectivity index (χ1) is 16.1. The van der Waals surface area contributed by atoms with Crippen LogP contribution in [0.3, 0.4) is 0 Å². The van der Waals surface area contributed by atoms with Gasteiger partial charge in [0.05, 0.1) is 19.4 Å². The van der Waals surface area contributed by atoms with Gasteiger partial charge in [0, 0.05) is 23.2 Å². The normalized spacial score (nSPS) is 16.9. The molecule has 0 aromatic heterocycles. The van der Waals surface area contributed by atoms with E-state index < -0.39 is 13.2 Å². The van der Waals surface area contributed by atoms with E-state index in [1.54, 1.807) is 11.8 Å². The Hall–Kier alpha value is -1.05. The quantitative estimate of drug-likeness (QED) is 0.254. The Bertz CT molecular complexity index is 756. The van der Waals surface area contributed by atoms with Crippen molar-refractivity contribution in [1.29, 1.82) is 0 Å². The number of hydrogen-bond donors (Lipinski definition) is 1. The lowest BCUT2D eigenvalue weighted by atomic mass is 9.98. The van der Waals surface area contributed by atoms with Gasteiger partial charge in [-0.3, -0.25) is 4.57 Å². The number of alkyl carbamates (subject to hydrolysis) is 1. The highest BCUT2D eigenvalue weighted by molar-refractivity contribution is 7.99. The van der Waals surface area contributed by atoms with Gasteiger partial charge in [0.15, 0.2) is 0 Å². The predicted octanol–water partition coefficient (Wildman–Crippen LogP) is 6.04. The summed E-state index contributed by atoms with van der Waals surface area (Å²) in [6, 6.07) is 10.2. The second kappa shape index (κ2) is 14.5. The van der Waals surface area contributed by atoms with Gasteiger partial charge < -0.3 is 24.0 Å². The summed E-state index contributed by atoms with van der Waals surface area (Å²) in [4.78, 5) is 16.0. The molecule has 0 radical (unpaired) electrons. The minimum atomic E-state index is -2.99. The highest BCUT2D eigenvalue weighted by atomic mass is 32.2. The van der Waals surface area contributed by atoms with Crippen LogP contribution >= 0.6 is 19.4 Å². The molecule has 1 aromatic carbocycles. The molecule has 34 heavy (non-hydrogen) atoms. The van der Waals surface area contributed by atoms with Gasteiger partial charge in [0.25, 0.3) is 0 Å². The molecule has 1 saturated heterocycles. The minimum absolute atomic E-state index is 0.00825. The summed E-state index contributed by atoms with van der Waals surface area (Å²) >= 11 is 1.74. The number of amides is 1. The predicted molar refractivity (Wildman–Crippen MR) is 140 cm³/mol. The SMILES string of the molecule is CCOP(=O)(CC1CCN(CC[C@H](CSc2ccccc2)NC(=O)OC(C)(C)C)CC1)OCC. The molecule has 1 amide bonds. The monoisotopic (exact) mass is 514 g/mol. The van der Waals surface area contributed by atoms with Gasteiger partial charge in [0.1, 0.15) is 5.60 Å². The molecule has 1 heterocycles. The summed E-state index contributed by atoms with van der Waals surface area (Å²) in [6.45, 7) is 12.9. The molecular formula is C25H43N2O5PS. The van der Waals surface area contributed by atoms with Crippen molar-refractivity contribution in [3.63, 3.8) is 0 Å².